The summed E-state index contributed by atoms with van der Waals surface area (Å²) in [5.74, 6) is -1.97. The highest BCUT2D eigenvalue weighted by Crippen LogP contribution is 2.47. The largest absolute Gasteiger partial charge is 0.490 e. The van der Waals surface area contributed by atoms with Gasteiger partial charge < -0.3 is 19.3 Å². The Morgan fingerprint density at radius 1 is 1.19 bits per heavy atom. The van der Waals surface area contributed by atoms with E-state index < -0.39 is 11.6 Å². The predicted molar refractivity (Wildman–Crippen MR) is 160 cm³/mol. The third-order valence-electron chi connectivity index (χ3n) is 7.54. The molecule has 0 radical (unpaired) electrons. The molecule has 1 aliphatic heterocycles. The summed E-state index contributed by atoms with van der Waals surface area (Å²) in [6.45, 7) is 5.83. The summed E-state index contributed by atoms with van der Waals surface area (Å²) in [5.41, 5.74) is 2.86. The van der Waals surface area contributed by atoms with E-state index in [0.717, 1.165) is 17.8 Å². The molecule has 1 aliphatic rings. The van der Waals surface area contributed by atoms with Gasteiger partial charge in [-0.2, -0.15) is 5.10 Å². The Balaban J connectivity index is 1.66. The van der Waals surface area contributed by atoms with Crippen molar-refractivity contribution in [2.45, 2.75) is 19.5 Å². The van der Waals surface area contributed by atoms with Crippen LogP contribution in [0.4, 0.5) is 8.78 Å². The minimum atomic E-state index is -0.861. The summed E-state index contributed by atoms with van der Waals surface area (Å²) >= 11 is 1.35. The van der Waals surface area contributed by atoms with Crippen molar-refractivity contribution < 1.29 is 23.4 Å². The van der Waals surface area contributed by atoms with Crippen molar-refractivity contribution in [3.8, 4) is 39.5 Å². The normalized spacial score (nSPS) is 14.6. The number of nitrogens with zero attached hydrogens (tertiary/aromatic N) is 5. The van der Waals surface area contributed by atoms with E-state index >= 15 is 4.39 Å². The highest BCUT2D eigenvalue weighted by molar-refractivity contribution is 7.18. The second kappa shape index (κ2) is 11.2. The number of ether oxygens (including phenoxy) is 1. The second-order valence-corrected chi connectivity index (χ2v) is 11.1. The van der Waals surface area contributed by atoms with Crippen LogP contribution in [0.1, 0.15) is 18.7 Å². The molecule has 5 aromatic rings. The first-order chi connectivity index (χ1) is 20.7. The third-order valence-corrected chi connectivity index (χ3v) is 8.48. The highest BCUT2D eigenvalue weighted by Gasteiger charge is 2.31. The monoisotopic (exact) mass is 603 g/mol. The molecule has 0 saturated carbocycles. The molecule has 1 atom stereocenters. The Morgan fingerprint density at radius 2 is 2.00 bits per heavy atom. The van der Waals surface area contributed by atoms with Crippen LogP contribution in [0.2, 0.25) is 0 Å². The molecular weight excluding hydrogens is 576 g/mol. The zero-order chi connectivity index (χ0) is 30.4. The van der Waals surface area contributed by atoms with Crippen molar-refractivity contribution in [1.82, 2.24) is 24.2 Å². The van der Waals surface area contributed by atoms with Crippen LogP contribution in [0.3, 0.4) is 0 Å². The molecular formula is C31H27F2N5O4S. The van der Waals surface area contributed by atoms with Crippen LogP contribution in [-0.4, -0.2) is 55.0 Å². The molecule has 5 heterocycles. The number of rotatable bonds is 7. The summed E-state index contributed by atoms with van der Waals surface area (Å²) in [6, 6.07) is 8.35. The van der Waals surface area contributed by atoms with Crippen LogP contribution in [0.25, 0.3) is 43.9 Å². The molecule has 1 aromatic carbocycles. The molecule has 1 N–H and O–H groups in total. The van der Waals surface area contributed by atoms with Crippen molar-refractivity contribution >= 4 is 27.3 Å². The molecule has 0 fully saturated rings. The van der Waals surface area contributed by atoms with Gasteiger partial charge in [-0.15, -0.1) is 11.3 Å². The SMILES string of the molecule is C=CC(=O)N1CCn2nc(-c3nc(-c4ccc(=O)n(C)c4)c4ccsc4c3-c3c(F)cc(F)cc3OCCO)cc2[C@H]1C. The van der Waals surface area contributed by atoms with E-state index in [4.69, 9.17) is 14.8 Å². The maximum absolute atomic E-state index is 15.8. The lowest BCUT2D eigenvalue weighted by atomic mass is 9.96. The van der Waals surface area contributed by atoms with Crippen molar-refractivity contribution in [1.29, 1.82) is 0 Å². The van der Waals surface area contributed by atoms with Crippen molar-refractivity contribution in [2.24, 2.45) is 7.05 Å². The molecule has 9 nitrogen and oxygen atoms in total. The number of halogens is 2. The fraction of sp³-hybridized carbons (Fsp3) is 0.226. The summed E-state index contributed by atoms with van der Waals surface area (Å²) < 4.78 is 39.8. The van der Waals surface area contributed by atoms with Crippen LogP contribution in [0, 0.1) is 11.6 Å². The molecule has 0 bridgehead atoms. The standard InChI is InChI=1S/C31H27F2N5O4S/c1-4-25(40)37-8-9-38-23(17(37)2)15-22(35-38)30-28(27-21(33)13-19(32)14-24(27)42-11-10-39)31-20(7-12-43-31)29(34-30)18-5-6-26(41)36(3)16-18/h4-7,12-17,39H,1,8-11H2,2-3H3/t17-/m1/s1. The Kier molecular flexibility index (Phi) is 7.40. The van der Waals surface area contributed by atoms with Gasteiger partial charge in [0.2, 0.25) is 11.5 Å². The van der Waals surface area contributed by atoms with Gasteiger partial charge in [-0.1, -0.05) is 6.58 Å². The zero-order valence-corrected chi connectivity index (χ0v) is 24.2. The number of aliphatic hydroxyl groups is 1. The number of benzene rings is 1. The van der Waals surface area contributed by atoms with E-state index in [1.165, 1.54) is 28.0 Å². The minimum Gasteiger partial charge on any atom is -0.490 e. The van der Waals surface area contributed by atoms with E-state index in [2.05, 4.69) is 6.58 Å². The average Bonchev–Trinajstić information content (AvgIpc) is 3.65. The van der Waals surface area contributed by atoms with Gasteiger partial charge in [-0.05, 0) is 36.6 Å². The number of hydrogen-bond acceptors (Lipinski definition) is 7. The number of carbonyl (C=O) groups excluding carboxylic acids is 1. The van der Waals surface area contributed by atoms with Crippen molar-refractivity contribution in [2.75, 3.05) is 19.8 Å². The van der Waals surface area contributed by atoms with E-state index in [-0.39, 0.29) is 42.0 Å². The fourth-order valence-corrected chi connectivity index (χ4v) is 6.44. The number of amides is 1. The molecule has 1 amide bonds. The molecule has 0 spiro atoms. The van der Waals surface area contributed by atoms with Gasteiger partial charge in [0.1, 0.15) is 35.4 Å². The smallest absolute Gasteiger partial charge is 0.250 e. The van der Waals surface area contributed by atoms with Crippen molar-refractivity contribution in [3.63, 3.8) is 0 Å². The maximum atomic E-state index is 15.8. The van der Waals surface area contributed by atoms with E-state index in [0.29, 0.717) is 51.4 Å². The van der Waals surface area contributed by atoms with Gasteiger partial charge in [0.05, 0.1) is 36.1 Å². The molecule has 0 unspecified atom stereocenters. The molecule has 43 heavy (non-hydrogen) atoms. The fourth-order valence-electron chi connectivity index (χ4n) is 5.49. The number of carbonyl (C=O) groups is 1. The Morgan fingerprint density at radius 3 is 2.74 bits per heavy atom. The number of aromatic nitrogens is 4. The quantitative estimate of drug-likeness (QED) is 0.265. The predicted octanol–water partition coefficient (Wildman–Crippen LogP) is 4.93. The van der Waals surface area contributed by atoms with Crippen LogP contribution in [0.15, 0.2) is 65.4 Å². The first kappa shape index (κ1) is 28.4. The summed E-state index contributed by atoms with van der Waals surface area (Å²) in [6.07, 6.45) is 2.96. The van der Waals surface area contributed by atoms with Gasteiger partial charge in [-0.3, -0.25) is 14.3 Å². The molecule has 6 rings (SSSR count). The topological polar surface area (TPSA) is 102 Å². The summed E-state index contributed by atoms with van der Waals surface area (Å²) in [7, 11) is 1.64. The van der Waals surface area contributed by atoms with E-state index in [9.17, 15) is 19.1 Å². The van der Waals surface area contributed by atoms with Gasteiger partial charge in [0, 0.05) is 59.2 Å². The first-order valence-corrected chi connectivity index (χ1v) is 14.4. The highest BCUT2D eigenvalue weighted by atomic mass is 32.1. The molecule has 0 aliphatic carbocycles. The summed E-state index contributed by atoms with van der Waals surface area (Å²) in [4.78, 5) is 31.4. The van der Waals surface area contributed by atoms with Crippen LogP contribution in [-0.2, 0) is 18.4 Å². The van der Waals surface area contributed by atoms with Gasteiger partial charge in [0.15, 0.2) is 0 Å². The number of aliphatic hydroxyl groups excluding tert-OH is 1. The van der Waals surface area contributed by atoms with Crippen molar-refractivity contribution in [3.05, 3.63) is 88.3 Å². The average molecular weight is 604 g/mol. The lowest BCUT2D eigenvalue weighted by Gasteiger charge is -2.33. The lowest BCUT2D eigenvalue weighted by Crippen LogP contribution is -2.40. The van der Waals surface area contributed by atoms with Crippen LogP contribution < -0.4 is 10.3 Å². The second-order valence-electron chi connectivity index (χ2n) is 10.1. The molecule has 12 heteroatoms. The molecule has 220 valence electrons. The van der Waals surface area contributed by atoms with Gasteiger partial charge in [-0.25, -0.2) is 13.8 Å². The Bertz CT molecular complexity index is 1960. The number of thiophene rings is 1. The number of hydrogen-bond donors (Lipinski definition) is 1. The van der Waals surface area contributed by atoms with Gasteiger partial charge in [0.25, 0.3) is 0 Å². The molecule has 4 aromatic heterocycles. The third kappa shape index (κ3) is 4.92. The molecule has 0 saturated heterocycles. The van der Waals surface area contributed by atoms with Crippen LogP contribution >= 0.6 is 11.3 Å². The lowest BCUT2D eigenvalue weighted by molar-refractivity contribution is -0.129. The minimum absolute atomic E-state index is 0.0145. The summed E-state index contributed by atoms with van der Waals surface area (Å²) in [5, 5.41) is 16.8. The van der Waals surface area contributed by atoms with E-state index in [1.54, 1.807) is 28.9 Å². The van der Waals surface area contributed by atoms with E-state index in [1.807, 2.05) is 24.4 Å². The maximum Gasteiger partial charge on any atom is 0.250 e. The Labute approximate surface area is 248 Å². The Hall–Kier alpha value is -4.68. The van der Waals surface area contributed by atoms with Crippen LogP contribution in [0.5, 0.6) is 5.75 Å². The zero-order valence-electron chi connectivity index (χ0n) is 23.4. The number of pyridine rings is 2. The number of aryl methyl sites for hydroxylation is 1. The number of fused-ring (bicyclic) bond motifs is 2. The first-order valence-electron chi connectivity index (χ1n) is 13.5. The van der Waals surface area contributed by atoms with Gasteiger partial charge >= 0.3 is 0 Å².